The fourth-order valence-corrected chi connectivity index (χ4v) is 3.78. The number of aromatic nitrogens is 2. The predicted molar refractivity (Wildman–Crippen MR) is 94.1 cm³/mol. The number of carbonyl (C=O) groups excluding carboxylic acids is 1. The van der Waals surface area contributed by atoms with Crippen molar-refractivity contribution in [2.45, 2.75) is 12.8 Å². The van der Waals surface area contributed by atoms with Crippen molar-refractivity contribution in [3.05, 3.63) is 24.3 Å². The number of benzene rings is 1. The van der Waals surface area contributed by atoms with Crippen LogP contribution in [0.5, 0.6) is 5.75 Å². The quantitative estimate of drug-likeness (QED) is 0.833. The Morgan fingerprint density at radius 3 is 2.85 bits per heavy atom. The van der Waals surface area contributed by atoms with Gasteiger partial charge in [0.05, 0.1) is 24.8 Å². The Balaban J connectivity index is 1.70. The van der Waals surface area contributed by atoms with Gasteiger partial charge in [-0.25, -0.2) is 12.7 Å². The summed E-state index contributed by atoms with van der Waals surface area (Å²) in [5, 5.41) is 10.3. The van der Waals surface area contributed by atoms with Crippen LogP contribution in [0.4, 0.5) is 6.01 Å². The van der Waals surface area contributed by atoms with Crippen LogP contribution >= 0.6 is 0 Å². The van der Waals surface area contributed by atoms with Crippen LogP contribution in [-0.4, -0.2) is 55.3 Å². The van der Waals surface area contributed by atoms with E-state index in [2.05, 4.69) is 15.5 Å². The van der Waals surface area contributed by atoms with E-state index in [9.17, 15) is 13.2 Å². The molecule has 1 fully saturated rings. The van der Waals surface area contributed by atoms with Crippen LogP contribution in [0.2, 0.25) is 0 Å². The second kappa shape index (κ2) is 7.42. The normalized spacial score (nSPS) is 18.5. The summed E-state index contributed by atoms with van der Waals surface area (Å²) in [6, 6.07) is 7.12. The number of piperidine rings is 1. The molecule has 0 spiro atoms. The van der Waals surface area contributed by atoms with E-state index in [4.69, 9.17) is 9.15 Å². The fraction of sp³-hybridized carbons (Fsp3) is 0.438. The average Bonchev–Trinajstić information content (AvgIpc) is 3.09. The second-order valence-corrected chi connectivity index (χ2v) is 8.04. The number of hydrogen-bond acceptors (Lipinski definition) is 7. The van der Waals surface area contributed by atoms with E-state index in [1.54, 1.807) is 12.1 Å². The van der Waals surface area contributed by atoms with E-state index >= 15 is 0 Å². The average molecular weight is 380 g/mol. The Morgan fingerprint density at radius 1 is 1.35 bits per heavy atom. The second-order valence-electron chi connectivity index (χ2n) is 6.06. The first kappa shape index (κ1) is 18.3. The molecular formula is C16H20N4O5S. The van der Waals surface area contributed by atoms with Crippen molar-refractivity contribution in [1.29, 1.82) is 0 Å². The number of hydrogen-bond donors (Lipinski definition) is 1. The first-order valence-electron chi connectivity index (χ1n) is 8.11. The van der Waals surface area contributed by atoms with Crippen LogP contribution in [0.25, 0.3) is 11.5 Å². The van der Waals surface area contributed by atoms with Crippen molar-refractivity contribution >= 4 is 21.9 Å². The lowest BCUT2D eigenvalue weighted by Crippen LogP contribution is -2.43. The highest BCUT2D eigenvalue weighted by atomic mass is 32.2. The molecule has 1 aliphatic rings. The lowest BCUT2D eigenvalue weighted by atomic mass is 9.99. The maximum absolute atomic E-state index is 12.4. The Hall–Kier alpha value is -2.46. The standard InChI is InChI=1S/C16H20N4O5S/c1-24-13-8-4-3-7-12(13)15-18-19-16(25-15)17-14(21)11-6-5-9-20(10-11)26(2,22)23/h3-4,7-8,11H,5-6,9-10H2,1-2H3,(H,17,19,21). The van der Waals surface area contributed by atoms with E-state index in [1.807, 2.05) is 12.1 Å². The zero-order chi connectivity index (χ0) is 18.7. The molecule has 1 atom stereocenters. The van der Waals surface area contributed by atoms with Gasteiger partial charge < -0.3 is 9.15 Å². The van der Waals surface area contributed by atoms with E-state index < -0.39 is 15.9 Å². The van der Waals surface area contributed by atoms with E-state index in [-0.39, 0.29) is 24.4 Å². The van der Waals surface area contributed by atoms with Crippen LogP contribution in [0, 0.1) is 5.92 Å². The summed E-state index contributed by atoms with van der Waals surface area (Å²) in [5.41, 5.74) is 0.615. The van der Waals surface area contributed by atoms with E-state index in [1.165, 1.54) is 11.4 Å². The summed E-state index contributed by atoms with van der Waals surface area (Å²) in [6.45, 7) is 0.583. The van der Waals surface area contributed by atoms with Gasteiger partial charge in [0, 0.05) is 13.1 Å². The molecule has 2 heterocycles. The number of amides is 1. The minimum absolute atomic E-state index is 0.0348. The lowest BCUT2D eigenvalue weighted by molar-refractivity contribution is -0.121. The number of nitrogens with one attached hydrogen (secondary N) is 1. The van der Waals surface area contributed by atoms with Crippen LogP contribution < -0.4 is 10.1 Å². The summed E-state index contributed by atoms with van der Waals surface area (Å²) >= 11 is 0. The van der Waals surface area contributed by atoms with E-state index in [0.717, 1.165) is 6.26 Å². The van der Waals surface area contributed by atoms with Gasteiger partial charge in [0.1, 0.15) is 5.75 Å². The summed E-state index contributed by atoms with van der Waals surface area (Å²) in [5.74, 6) is -0.00193. The molecule has 140 valence electrons. The van der Waals surface area contributed by atoms with Gasteiger partial charge in [-0.2, -0.15) is 0 Å². The number of methoxy groups -OCH3 is 1. The molecule has 1 aromatic carbocycles. The molecule has 3 rings (SSSR count). The summed E-state index contributed by atoms with van der Waals surface area (Å²) < 4.78 is 35.4. The van der Waals surface area contributed by atoms with Gasteiger partial charge in [-0.05, 0) is 25.0 Å². The monoisotopic (exact) mass is 380 g/mol. The molecule has 2 aromatic rings. The van der Waals surface area contributed by atoms with Crippen LogP contribution in [0.3, 0.4) is 0 Å². The van der Waals surface area contributed by atoms with Gasteiger partial charge in [-0.15, -0.1) is 5.10 Å². The van der Waals surface area contributed by atoms with Crippen molar-refractivity contribution in [3.63, 3.8) is 0 Å². The van der Waals surface area contributed by atoms with Crippen molar-refractivity contribution < 1.29 is 22.4 Å². The highest BCUT2D eigenvalue weighted by Gasteiger charge is 2.31. The number of nitrogens with zero attached hydrogens (tertiary/aromatic N) is 3. The van der Waals surface area contributed by atoms with Crippen molar-refractivity contribution in [1.82, 2.24) is 14.5 Å². The number of sulfonamides is 1. The Bertz CT molecular complexity index is 896. The van der Waals surface area contributed by atoms with Crippen LogP contribution in [0.1, 0.15) is 12.8 Å². The third kappa shape index (κ3) is 4.02. The largest absolute Gasteiger partial charge is 0.496 e. The van der Waals surface area contributed by atoms with Crippen molar-refractivity contribution in [2.75, 3.05) is 31.8 Å². The minimum Gasteiger partial charge on any atom is -0.496 e. The van der Waals surface area contributed by atoms with Gasteiger partial charge in [0.2, 0.25) is 15.9 Å². The smallest absolute Gasteiger partial charge is 0.322 e. The van der Waals surface area contributed by atoms with E-state index in [0.29, 0.717) is 30.7 Å². The number of ether oxygens (including phenoxy) is 1. The summed E-state index contributed by atoms with van der Waals surface area (Å²) in [6.07, 6.45) is 2.37. The molecule has 1 saturated heterocycles. The molecular weight excluding hydrogens is 360 g/mol. The van der Waals surface area contributed by atoms with Crippen LogP contribution in [0.15, 0.2) is 28.7 Å². The SMILES string of the molecule is COc1ccccc1-c1nnc(NC(=O)C2CCCN(S(C)(=O)=O)C2)o1. The zero-order valence-corrected chi connectivity index (χ0v) is 15.3. The van der Waals surface area contributed by atoms with Gasteiger partial charge >= 0.3 is 6.01 Å². The molecule has 10 heteroatoms. The lowest BCUT2D eigenvalue weighted by Gasteiger charge is -2.29. The number of para-hydroxylation sites is 1. The molecule has 9 nitrogen and oxygen atoms in total. The zero-order valence-electron chi connectivity index (χ0n) is 14.5. The van der Waals surface area contributed by atoms with Crippen molar-refractivity contribution in [3.8, 4) is 17.2 Å². The highest BCUT2D eigenvalue weighted by Crippen LogP contribution is 2.29. The molecule has 26 heavy (non-hydrogen) atoms. The van der Waals surface area contributed by atoms with Gasteiger partial charge in [0.15, 0.2) is 0 Å². The Labute approximate surface area is 151 Å². The van der Waals surface area contributed by atoms with Gasteiger partial charge in [-0.3, -0.25) is 10.1 Å². The molecule has 0 bridgehead atoms. The highest BCUT2D eigenvalue weighted by molar-refractivity contribution is 7.88. The van der Waals surface area contributed by atoms with Crippen LogP contribution in [-0.2, 0) is 14.8 Å². The Morgan fingerprint density at radius 2 is 2.12 bits per heavy atom. The molecule has 1 N–H and O–H groups in total. The number of carbonyl (C=O) groups is 1. The molecule has 1 aromatic heterocycles. The first-order chi connectivity index (χ1) is 12.4. The van der Waals surface area contributed by atoms with Crippen molar-refractivity contribution in [2.24, 2.45) is 5.92 Å². The Kier molecular flexibility index (Phi) is 5.23. The molecule has 1 unspecified atom stereocenters. The molecule has 0 radical (unpaired) electrons. The summed E-state index contributed by atoms with van der Waals surface area (Å²) in [7, 11) is -1.78. The topological polar surface area (TPSA) is 115 Å². The maximum atomic E-state index is 12.4. The predicted octanol–water partition coefficient (Wildman–Crippen LogP) is 1.36. The maximum Gasteiger partial charge on any atom is 0.322 e. The number of anilines is 1. The third-order valence-corrected chi connectivity index (χ3v) is 5.49. The minimum atomic E-state index is -3.32. The van der Waals surface area contributed by atoms with Gasteiger partial charge in [0.25, 0.3) is 5.89 Å². The third-order valence-electron chi connectivity index (χ3n) is 4.22. The van der Waals surface area contributed by atoms with Gasteiger partial charge in [-0.1, -0.05) is 17.2 Å². The first-order valence-corrected chi connectivity index (χ1v) is 9.96. The molecule has 1 amide bonds. The summed E-state index contributed by atoms with van der Waals surface area (Å²) in [4.78, 5) is 12.4. The molecule has 1 aliphatic heterocycles. The molecule has 0 aliphatic carbocycles. The molecule has 0 saturated carbocycles. The number of rotatable bonds is 5. The fourth-order valence-electron chi connectivity index (χ4n) is 2.87.